The van der Waals surface area contributed by atoms with Gasteiger partial charge in [0, 0.05) is 27.1 Å². The van der Waals surface area contributed by atoms with Crippen LogP contribution >= 0.6 is 15.9 Å². The molecular weight excluding hydrogens is 484 g/mol. The van der Waals surface area contributed by atoms with Gasteiger partial charge >= 0.3 is 5.97 Å². The normalized spacial score (nSPS) is 15.0. The number of ether oxygens (including phenoxy) is 2. The highest BCUT2D eigenvalue weighted by atomic mass is 79.9. The van der Waals surface area contributed by atoms with E-state index in [1.807, 2.05) is 49.4 Å². The topological polar surface area (TPSA) is 98.5 Å². The zero-order valence-corrected chi connectivity index (χ0v) is 19.0. The van der Waals surface area contributed by atoms with E-state index in [1.54, 1.807) is 24.3 Å². The number of benzene rings is 3. The van der Waals surface area contributed by atoms with Crippen molar-refractivity contribution in [3.05, 3.63) is 105 Å². The molecular formula is C26H17BrN2O4. The Balaban J connectivity index is 1.51. The SMILES string of the molecule is Cc1c(C(=O)Oc2ccc3c(c2)OC(N)=C(C#N)C3c2ccccc2Br)oc2ccccc12. The first kappa shape index (κ1) is 20.9. The van der Waals surface area contributed by atoms with Gasteiger partial charge in [-0.15, -0.1) is 0 Å². The summed E-state index contributed by atoms with van der Waals surface area (Å²) in [5, 5.41) is 10.6. The Bertz CT molecular complexity index is 1500. The van der Waals surface area contributed by atoms with E-state index in [2.05, 4.69) is 22.0 Å². The summed E-state index contributed by atoms with van der Waals surface area (Å²) in [7, 11) is 0. The lowest BCUT2D eigenvalue weighted by molar-refractivity contribution is 0.0702. The fourth-order valence-electron chi connectivity index (χ4n) is 4.05. The first-order valence-electron chi connectivity index (χ1n) is 10.1. The number of fused-ring (bicyclic) bond motifs is 2. The number of nitrogens with zero attached hydrogens (tertiary/aromatic N) is 1. The predicted molar refractivity (Wildman–Crippen MR) is 126 cm³/mol. The molecule has 2 heterocycles. The number of esters is 1. The van der Waals surface area contributed by atoms with Crippen LogP contribution in [0.5, 0.6) is 11.5 Å². The number of nitriles is 1. The lowest BCUT2D eigenvalue weighted by Crippen LogP contribution is -2.21. The van der Waals surface area contributed by atoms with Crippen molar-refractivity contribution in [2.75, 3.05) is 0 Å². The van der Waals surface area contributed by atoms with Crippen molar-refractivity contribution in [2.45, 2.75) is 12.8 Å². The Kier molecular flexibility index (Phi) is 5.15. The minimum Gasteiger partial charge on any atom is -0.449 e. The van der Waals surface area contributed by atoms with Crippen LogP contribution in [-0.2, 0) is 0 Å². The average molecular weight is 501 g/mol. The molecule has 7 heteroatoms. The maximum absolute atomic E-state index is 12.8. The van der Waals surface area contributed by atoms with E-state index >= 15 is 0 Å². The van der Waals surface area contributed by atoms with Gasteiger partial charge in [0.1, 0.15) is 28.7 Å². The Morgan fingerprint density at radius 1 is 1.09 bits per heavy atom. The molecule has 1 atom stereocenters. The van der Waals surface area contributed by atoms with E-state index in [4.69, 9.17) is 19.6 Å². The molecule has 4 aromatic rings. The third-order valence-corrected chi connectivity index (χ3v) is 6.37. The standard InChI is InChI=1S/C26H17BrN2O4/c1-14-16-6-3-5-9-21(16)32-24(14)26(30)31-15-10-11-18-22(12-15)33-25(29)19(13-28)23(18)17-7-2-4-8-20(17)27/h2-12,23H,29H2,1H3. The molecule has 0 aliphatic carbocycles. The second-order valence-corrected chi connectivity index (χ2v) is 8.44. The van der Waals surface area contributed by atoms with Crippen LogP contribution in [0.15, 0.2) is 87.1 Å². The quantitative estimate of drug-likeness (QED) is 0.276. The molecule has 5 rings (SSSR count). The lowest BCUT2D eigenvalue weighted by atomic mass is 9.83. The number of nitrogens with two attached hydrogens (primary N) is 1. The van der Waals surface area contributed by atoms with Gasteiger partial charge in [-0.1, -0.05) is 58.4 Å². The van der Waals surface area contributed by atoms with Crippen molar-refractivity contribution < 1.29 is 18.7 Å². The summed E-state index contributed by atoms with van der Waals surface area (Å²) in [6.07, 6.45) is 0. The molecule has 162 valence electrons. The van der Waals surface area contributed by atoms with Gasteiger partial charge in [-0.2, -0.15) is 5.26 Å². The van der Waals surface area contributed by atoms with Crippen molar-refractivity contribution in [2.24, 2.45) is 5.73 Å². The van der Waals surface area contributed by atoms with Gasteiger partial charge in [0.15, 0.2) is 0 Å². The maximum atomic E-state index is 12.8. The number of furan rings is 1. The number of hydrogen-bond acceptors (Lipinski definition) is 6. The van der Waals surface area contributed by atoms with Crippen LogP contribution < -0.4 is 15.2 Å². The van der Waals surface area contributed by atoms with Crippen LogP contribution in [0.2, 0.25) is 0 Å². The van der Waals surface area contributed by atoms with E-state index < -0.39 is 11.9 Å². The largest absolute Gasteiger partial charge is 0.449 e. The lowest BCUT2D eigenvalue weighted by Gasteiger charge is -2.27. The summed E-state index contributed by atoms with van der Waals surface area (Å²) in [5.41, 5.74) is 9.35. The number of rotatable bonds is 3. The zero-order valence-electron chi connectivity index (χ0n) is 17.5. The van der Waals surface area contributed by atoms with Crippen LogP contribution in [0.25, 0.3) is 11.0 Å². The Morgan fingerprint density at radius 2 is 1.85 bits per heavy atom. The van der Waals surface area contributed by atoms with Gasteiger partial charge < -0.3 is 19.6 Å². The molecule has 0 fully saturated rings. The van der Waals surface area contributed by atoms with Crippen molar-refractivity contribution in [1.82, 2.24) is 0 Å². The minimum absolute atomic E-state index is 0.0161. The van der Waals surface area contributed by atoms with Gasteiger partial charge in [-0.05, 0) is 30.7 Å². The fraction of sp³-hybridized carbons (Fsp3) is 0.0769. The number of carbonyl (C=O) groups excluding carboxylic acids is 1. The third kappa shape index (κ3) is 3.55. The van der Waals surface area contributed by atoms with Crippen LogP contribution in [-0.4, -0.2) is 5.97 Å². The number of carbonyl (C=O) groups is 1. The molecule has 0 amide bonds. The van der Waals surface area contributed by atoms with Gasteiger partial charge in [0.05, 0.1) is 5.92 Å². The van der Waals surface area contributed by atoms with E-state index in [-0.39, 0.29) is 17.4 Å². The summed E-state index contributed by atoms with van der Waals surface area (Å²) in [6, 6.07) is 22.2. The molecule has 3 aromatic carbocycles. The number of para-hydroxylation sites is 1. The summed E-state index contributed by atoms with van der Waals surface area (Å²) in [4.78, 5) is 12.8. The van der Waals surface area contributed by atoms with Gasteiger partial charge in [-0.3, -0.25) is 0 Å². The molecule has 1 aromatic heterocycles. The molecule has 0 bridgehead atoms. The second-order valence-electron chi connectivity index (χ2n) is 7.59. The monoisotopic (exact) mass is 500 g/mol. The van der Waals surface area contributed by atoms with Crippen molar-refractivity contribution in [1.29, 1.82) is 5.26 Å². The summed E-state index contributed by atoms with van der Waals surface area (Å²) in [5.74, 6) is -0.175. The molecule has 1 aliphatic rings. The number of aryl methyl sites for hydroxylation is 1. The highest BCUT2D eigenvalue weighted by Gasteiger charge is 2.32. The second kappa shape index (κ2) is 8.15. The van der Waals surface area contributed by atoms with Gasteiger partial charge in [-0.25, -0.2) is 4.79 Å². The molecule has 0 saturated carbocycles. The van der Waals surface area contributed by atoms with Crippen LogP contribution in [0.4, 0.5) is 0 Å². The highest BCUT2D eigenvalue weighted by Crippen LogP contribution is 2.45. The van der Waals surface area contributed by atoms with Crippen molar-refractivity contribution in [3.8, 4) is 17.6 Å². The number of allylic oxidation sites excluding steroid dienone is 1. The Labute approximate surface area is 198 Å². The third-order valence-electron chi connectivity index (χ3n) is 5.65. The van der Waals surface area contributed by atoms with Gasteiger partial charge in [0.2, 0.25) is 11.6 Å². The molecule has 1 aliphatic heterocycles. The summed E-state index contributed by atoms with van der Waals surface area (Å²) in [6.45, 7) is 1.82. The van der Waals surface area contributed by atoms with Crippen LogP contribution in [0.3, 0.4) is 0 Å². The molecule has 33 heavy (non-hydrogen) atoms. The zero-order chi connectivity index (χ0) is 23.1. The molecule has 1 unspecified atom stereocenters. The first-order chi connectivity index (χ1) is 16.0. The van der Waals surface area contributed by atoms with Crippen LogP contribution in [0.1, 0.15) is 33.2 Å². The Morgan fingerprint density at radius 3 is 2.61 bits per heavy atom. The predicted octanol–water partition coefficient (Wildman–Crippen LogP) is 5.94. The summed E-state index contributed by atoms with van der Waals surface area (Å²) >= 11 is 3.56. The van der Waals surface area contributed by atoms with E-state index in [0.29, 0.717) is 22.5 Å². The van der Waals surface area contributed by atoms with E-state index in [9.17, 15) is 10.1 Å². The van der Waals surface area contributed by atoms with Crippen molar-refractivity contribution in [3.63, 3.8) is 0 Å². The van der Waals surface area contributed by atoms with Crippen LogP contribution in [0, 0.1) is 18.3 Å². The molecule has 0 radical (unpaired) electrons. The average Bonchev–Trinajstić information content (AvgIpc) is 3.15. The van der Waals surface area contributed by atoms with Crippen molar-refractivity contribution >= 4 is 32.9 Å². The van der Waals surface area contributed by atoms with E-state index in [0.717, 1.165) is 21.0 Å². The van der Waals surface area contributed by atoms with E-state index in [1.165, 1.54) is 0 Å². The minimum atomic E-state index is -0.608. The summed E-state index contributed by atoms with van der Waals surface area (Å²) < 4.78 is 17.9. The number of halogens is 1. The molecule has 0 spiro atoms. The first-order valence-corrected chi connectivity index (χ1v) is 10.9. The molecule has 0 saturated heterocycles. The highest BCUT2D eigenvalue weighted by molar-refractivity contribution is 9.10. The molecule has 2 N–H and O–H groups in total. The van der Waals surface area contributed by atoms with Gasteiger partial charge in [0.25, 0.3) is 0 Å². The Hall–Kier alpha value is -4.02. The fourth-order valence-corrected chi connectivity index (χ4v) is 4.56. The maximum Gasteiger partial charge on any atom is 0.379 e. The number of hydrogen-bond donors (Lipinski definition) is 1. The smallest absolute Gasteiger partial charge is 0.379 e. The molecule has 6 nitrogen and oxygen atoms in total.